The van der Waals surface area contributed by atoms with E-state index in [0.717, 1.165) is 24.4 Å². The number of ether oxygens (including phenoxy) is 2. The van der Waals surface area contributed by atoms with Crippen molar-refractivity contribution in [2.75, 3.05) is 39.4 Å². The fraction of sp³-hybridized carbons (Fsp3) is 0.385. The molecule has 36 heavy (non-hydrogen) atoms. The van der Waals surface area contributed by atoms with Crippen molar-refractivity contribution in [3.63, 3.8) is 0 Å². The van der Waals surface area contributed by atoms with Gasteiger partial charge in [-0.3, -0.25) is 24.6 Å². The summed E-state index contributed by atoms with van der Waals surface area (Å²) in [6, 6.07) is 10.1. The van der Waals surface area contributed by atoms with E-state index in [0.29, 0.717) is 37.3 Å². The van der Waals surface area contributed by atoms with Gasteiger partial charge in [-0.2, -0.15) is 0 Å². The molecule has 10 nitrogen and oxygen atoms in total. The van der Waals surface area contributed by atoms with Crippen LogP contribution in [0.4, 0.5) is 5.69 Å². The number of aliphatic hydroxyl groups excluding tert-OH is 1. The van der Waals surface area contributed by atoms with Crippen LogP contribution >= 0.6 is 0 Å². The van der Waals surface area contributed by atoms with E-state index in [-0.39, 0.29) is 29.7 Å². The maximum atomic E-state index is 13.3. The molecule has 0 unspecified atom stereocenters. The van der Waals surface area contributed by atoms with E-state index >= 15 is 0 Å². The lowest BCUT2D eigenvalue weighted by molar-refractivity contribution is -0.384. The summed E-state index contributed by atoms with van der Waals surface area (Å²) in [6.45, 7) is 5.40. The fourth-order valence-electron chi connectivity index (χ4n) is 5.03. The maximum Gasteiger partial charge on any atom is 0.295 e. The third kappa shape index (κ3) is 4.45. The van der Waals surface area contributed by atoms with Gasteiger partial charge in [0.15, 0.2) is 0 Å². The Balaban J connectivity index is 1.54. The van der Waals surface area contributed by atoms with Crippen LogP contribution in [0, 0.1) is 10.1 Å². The molecule has 2 aromatic rings. The zero-order valence-electron chi connectivity index (χ0n) is 19.9. The van der Waals surface area contributed by atoms with Gasteiger partial charge in [-0.05, 0) is 48.4 Å². The van der Waals surface area contributed by atoms with E-state index in [1.807, 2.05) is 6.92 Å². The number of hydrogen-bond acceptors (Lipinski definition) is 8. The van der Waals surface area contributed by atoms with Crippen molar-refractivity contribution in [3.05, 3.63) is 74.8 Å². The number of nitro groups is 1. The zero-order chi connectivity index (χ0) is 25.4. The predicted molar refractivity (Wildman–Crippen MR) is 130 cm³/mol. The Kier molecular flexibility index (Phi) is 6.46. The summed E-state index contributed by atoms with van der Waals surface area (Å²) in [5.41, 5.74) is 1.73. The number of non-ortho nitro benzene ring substituents is 1. The highest BCUT2D eigenvalue weighted by Gasteiger charge is 2.46. The molecule has 3 aliphatic heterocycles. The first kappa shape index (κ1) is 24.0. The molecule has 188 valence electrons. The molecule has 2 saturated heterocycles. The van der Waals surface area contributed by atoms with Gasteiger partial charge in [0.1, 0.15) is 17.6 Å². The minimum atomic E-state index is -0.865. The topological polar surface area (TPSA) is 122 Å². The van der Waals surface area contributed by atoms with Crippen LogP contribution in [0.5, 0.6) is 5.75 Å². The van der Waals surface area contributed by atoms with E-state index in [4.69, 9.17) is 9.47 Å². The number of Topliss-reactive ketones (excluding diaryl/α,β-unsaturated/α-hetero) is 1. The molecular weight excluding hydrogens is 466 g/mol. The van der Waals surface area contributed by atoms with Crippen molar-refractivity contribution in [1.82, 2.24) is 9.80 Å². The van der Waals surface area contributed by atoms with Crippen LogP contribution in [-0.4, -0.2) is 77.0 Å². The summed E-state index contributed by atoms with van der Waals surface area (Å²) in [7, 11) is 0. The van der Waals surface area contributed by atoms with Crippen molar-refractivity contribution in [1.29, 1.82) is 0 Å². The smallest absolute Gasteiger partial charge is 0.295 e. The van der Waals surface area contributed by atoms with E-state index < -0.39 is 22.7 Å². The number of aliphatic hydroxyl groups is 1. The van der Waals surface area contributed by atoms with Gasteiger partial charge in [-0.1, -0.05) is 0 Å². The van der Waals surface area contributed by atoms with E-state index in [2.05, 4.69) is 4.90 Å². The largest absolute Gasteiger partial charge is 0.507 e. The van der Waals surface area contributed by atoms with Gasteiger partial charge >= 0.3 is 0 Å². The molecule has 3 aliphatic rings. The van der Waals surface area contributed by atoms with Gasteiger partial charge in [0.2, 0.25) is 0 Å². The van der Waals surface area contributed by atoms with Crippen LogP contribution in [0.15, 0.2) is 48.0 Å². The Morgan fingerprint density at radius 3 is 2.53 bits per heavy atom. The van der Waals surface area contributed by atoms with Crippen molar-refractivity contribution in [2.45, 2.75) is 25.5 Å². The number of amides is 1. The summed E-state index contributed by atoms with van der Waals surface area (Å²) < 4.78 is 11.1. The Bertz CT molecular complexity index is 1230. The number of morpholine rings is 1. The third-order valence-corrected chi connectivity index (χ3v) is 6.89. The first-order valence-corrected chi connectivity index (χ1v) is 12.0. The summed E-state index contributed by atoms with van der Waals surface area (Å²) in [6.07, 6.45) is 0.694. The SMILES string of the molecule is C[C@H]1Cc2cc(C(O)=C3C(=O)C(=O)N(CCN4CCOCC4)[C@@H]3c3ccc([N+](=O)[O-])cc3)ccc2O1. The Morgan fingerprint density at radius 1 is 1.11 bits per heavy atom. The number of nitrogens with zero attached hydrogens (tertiary/aromatic N) is 3. The molecule has 2 fully saturated rings. The minimum Gasteiger partial charge on any atom is -0.507 e. The summed E-state index contributed by atoms with van der Waals surface area (Å²) in [5, 5.41) is 22.5. The van der Waals surface area contributed by atoms with E-state index in [1.165, 1.54) is 29.2 Å². The number of nitro benzene ring substituents is 1. The molecule has 0 radical (unpaired) electrons. The monoisotopic (exact) mass is 493 g/mol. The average molecular weight is 494 g/mol. The molecule has 1 amide bonds. The van der Waals surface area contributed by atoms with Crippen LogP contribution in [-0.2, 0) is 20.7 Å². The molecule has 10 heteroatoms. The number of carbonyl (C=O) groups is 2. The molecular formula is C26H27N3O7. The van der Waals surface area contributed by atoms with Gasteiger partial charge in [0.05, 0.1) is 29.8 Å². The quantitative estimate of drug-likeness (QED) is 0.214. The highest BCUT2D eigenvalue weighted by atomic mass is 16.6. The molecule has 5 rings (SSSR count). The second-order valence-electron chi connectivity index (χ2n) is 9.25. The molecule has 0 aromatic heterocycles. The second-order valence-corrected chi connectivity index (χ2v) is 9.25. The number of rotatable bonds is 6. The van der Waals surface area contributed by atoms with Crippen LogP contribution in [0.25, 0.3) is 5.76 Å². The number of ketones is 1. The van der Waals surface area contributed by atoms with Crippen LogP contribution in [0.2, 0.25) is 0 Å². The van der Waals surface area contributed by atoms with Gasteiger partial charge in [0, 0.05) is 50.3 Å². The van der Waals surface area contributed by atoms with Crippen LogP contribution in [0.1, 0.15) is 29.7 Å². The Hall–Kier alpha value is -3.76. The minimum absolute atomic E-state index is 0.0169. The summed E-state index contributed by atoms with van der Waals surface area (Å²) >= 11 is 0. The number of fused-ring (bicyclic) bond motifs is 1. The van der Waals surface area contributed by atoms with Gasteiger partial charge in [-0.25, -0.2) is 0 Å². The molecule has 1 N–H and O–H groups in total. The van der Waals surface area contributed by atoms with Gasteiger partial charge in [0.25, 0.3) is 17.4 Å². The molecule has 3 heterocycles. The van der Waals surface area contributed by atoms with Crippen LogP contribution in [0.3, 0.4) is 0 Å². The normalized spacial score (nSPS) is 23.5. The molecule has 2 aromatic carbocycles. The number of benzene rings is 2. The molecule has 0 spiro atoms. The first-order valence-electron chi connectivity index (χ1n) is 12.0. The van der Waals surface area contributed by atoms with Crippen molar-refractivity contribution in [2.24, 2.45) is 0 Å². The maximum absolute atomic E-state index is 13.3. The standard InChI is InChI=1S/C26H27N3O7/c1-16-14-19-15-18(4-7-21(19)36-16)24(30)22-23(17-2-5-20(6-3-17)29(33)34)28(26(32)25(22)31)9-8-27-10-12-35-13-11-27/h2-7,15-16,23,30H,8-14H2,1H3/t16-,23+/m0/s1. The highest BCUT2D eigenvalue weighted by Crippen LogP contribution is 2.40. The van der Waals surface area contributed by atoms with Gasteiger partial charge < -0.3 is 19.5 Å². The third-order valence-electron chi connectivity index (χ3n) is 6.89. The van der Waals surface area contributed by atoms with E-state index in [9.17, 15) is 24.8 Å². The molecule has 0 aliphatic carbocycles. The first-order chi connectivity index (χ1) is 17.3. The lowest BCUT2D eigenvalue weighted by Crippen LogP contribution is -2.42. The number of likely N-dealkylation sites (tertiary alicyclic amines) is 1. The lowest BCUT2D eigenvalue weighted by Gasteiger charge is -2.31. The predicted octanol–water partition coefficient (Wildman–Crippen LogP) is 2.67. The number of hydrogen-bond donors (Lipinski definition) is 1. The lowest BCUT2D eigenvalue weighted by atomic mass is 9.94. The Labute approximate surface area is 207 Å². The Morgan fingerprint density at radius 2 is 1.83 bits per heavy atom. The van der Waals surface area contributed by atoms with Crippen molar-refractivity contribution in [3.8, 4) is 5.75 Å². The zero-order valence-corrected chi connectivity index (χ0v) is 19.9. The molecule has 0 bridgehead atoms. The van der Waals surface area contributed by atoms with E-state index in [1.54, 1.807) is 18.2 Å². The fourth-order valence-corrected chi connectivity index (χ4v) is 5.03. The van der Waals surface area contributed by atoms with Gasteiger partial charge in [-0.15, -0.1) is 0 Å². The number of carbonyl (C=O) groups excluding carboxylic acids is 2. The highest BCUT2D eigenvalue weighted by molar-refractivity contribution is 6.46. The average Bonchev–Trinajstić information content (AvgIpc) is 3.38. The summed E-state index contributed by atoms with van der Waals surface area (Å²) in [4.78, 5) is 40.7. The molecule has 2 atom stereocenters. The van der Waals surface area contributed by atoms with Crippen molar-refractivity contribution < 1.29 is 29.1 Å². The summed E-state index contributed by atoms with van der Waals surface area (Å²) in [5.74, 6) is -1.01. The molecule has 0 saturated carbocycles. The van der Waals surface area contributed by atoms with Crippen molar-refractivity contribution >= 4 is 23.1 Å². The second kappa shape index (κ2) is 9.71. The van der Waals surface area contributed by atoms with Crippen LogP contribution < -0.4 is 4.74 Å².